The van der Waals surface area contributed by atoms with Crippen LogP contribution >= 0.6 is 0 Å². The molecule has 2 heterocycles. The SMILES string of the molecule is CC(C)(C)OC(=O)/C=C/c1cnc2c(c1)CCC(=O)N2.[HH]. The van der Waals surface area contributed by atoms with Gasteiger partial charge in [0, 0.05) is 20.1 Å². The van der Waals surface area contributed by atoms with E-state index in [-0.39, 0.29) is 13.3 Å². The molecule has 1 amide bonds. The van der Waals surface area contributed by atoms with E-state index >= 15 is 0 Å². The molecule has 2 rings (SSSR count). The van der Waals surface area contributed by atoms with E-state index in [0.717, 1.165) is 11.1 Å². The third-order valence-electron chi connectivity index (χ3n) is 2.69. The Kier molecular flexibility index (Phi) is 3.88. The monoisotopic (exact) mass is 276 g/mol. The van der Waals surface area contributed by atoms with E-state index in [1.54, 1.807) is 12.3 Å². The standard InChI is InChI=1S/C15H18N2O3.H2/c1-15(2,3)20-13(19)7-4-10-8-11-5-6-12(18)17-14(11)16-9-10;/h4,7-9H,5-6H2,1-3H3,(H,16,17,18);1H/b7-4+;. The summed E-state index contributed by atoms with van der Waals surface area (Å²) in [6, 6.07) is 1.92. The molecule has 0 unspecified atom stereocenters. The number of amides is 1. The van der Waals surface area contributed by atoms with Crippen molar-refractivity contribution in [2.75, 3.05) is 5.32 Å². The highest BCUT2D eigenvalue weighted by Gasteiger charge is 2.16. The Morgan fingerprint density at radius 3 is 2.90 bits per heavy atom. The van der Waals surface area contributed by atoms with Crippen molar-refractivity contribution < 1.29 is 15.8 Å². The number of carbonyl (C=O) groups is 2. The number of anilines is 1. The van der Waals surface area contributed by atoms with E-state index in [0.29, 0.717) is 18.7 Å². The van der Waals surface area contributed by atoms with Crippen molar-refractivity contribution in [1.82, 2.24) is 4.98 Å². The molecule has 5 nitrogen and oxygen atoms in total. The van der Waals surface area contributed by atoms with Gasteiger partial charge in [-0.05, 0) is 50.5 Å². The van der Waals surface area contributed by atoms with Gasteiger partial charge in [-0.1, -0.05) is 0 Å². The Morgan fingerprint density at radius 1 is 1.45 bits per heavy atom. The molecule has 0 bridgehead atoms. The van der Waals surface area contributed by atoms with Crippen molar-refractivity contribution in [2.45, 2.75) is 39.2 Å². The smallest absolute Gasteiger partial charge is 0.331 e. The number of ether oxygens (including phenoxy) is 1. The second-order valence-electron chi connectivity index (χ2n) is 5.69. The zero-order chi connectivity index (χ0) is 14.8. The van der Waals surface area contributed by atoms with Crippen molar-refractivity contribution in [1.29, 1.82) is 0 Å². The topological polar surface area (TPSA) is 68.3 Å². The van der Waals surface area contributed by atoms with Crippen LogP contribution < -0.4 is 5.32 Å². The van der Waals surface area contributed by atoms with Crippen molar-refractivity contribution in [3.63, 3.8) is 0 Å². The number of hydrogen-bond acceptors (Lipinski definition) is 4. The van der Waals surface area contributed by atoms with Crippen LogP contribution in [0.2, 0.25) is 0 Å². The zero-order valence-corrected chi connectivity index (χ0v) is 11.9. The van der Waals surface area contributed by atoms with E-state index in [1.165, 1.54) is 6.08 Å². The van der Waals surface area contributed by atoms with E-state index in [4.69, 9.17) is 4.74 Å². The molecule has 0 radical (unpaired) electrons. The largest absolute Gasteiger partial charge is 0.457 e. The molecular formula is C15H20N2O3. The van der Waals surface area contributed by atoms with Gasteiger partial charge in [0.05, 0.1) is 0 Å². The average molecular weight is 276 g/mol. The predicted molar refractivity (Wildman–Crippen MR) is 78.2 cm³/mol. The number of hydrogen-bond donors (Lipinski definition) is 1. The molecule has 0 aliphatic carbocycles. The van der Waals surface area contributed by atoms with E-state index < -0.39 is 5.60 Å². The molecule has 108 valence electrons. The summed E-state index contributed by atoms with van der Waals surface area (Å²) in [6.07, 6.45) is 5.80. The molecule has 1 aromatic rings. The molecule has 0 atom stereocenters. The van der Waals surface area contributed by atoms with Crippen molar-refractivity contribution in [3.05, 3.63) is 29.5 Å². The van der Waals surface area contributed by atoms with Crippen LogP contribution in [0.15, 0.2) is 18.3 Å². The first-order chi connectivity index (χ1) is 9.33. The number of pyridine rings is 1. The molecule has 1 aliphatic heterocycles. The average Bonchev–Trinajstić information content (AvgIpc) is 2.34. The highest BCUT2D eigenvalue weighted by Crippen LogP contribution is 2.21. The van der Waals surface area contributed by atoms with Gasteiger partial charge in [-0.15, -0.1) is 0 Å². The van der Waals surface area contributed by atoms with Gasteiger partial charge < -0.3 is 10.1 Å². The minimum absolute atomic E-state index is 0. The Morgan fingerprint density at radius 2 is 2.20 bits per heavy atom. The van der Waals surface area contributed by atoms with Gasteiger partial charge in [0.2, 0.25) is 5.91 Å². The van der Waals surface area contributed by atoms with Crippen LogP contribution in [0.1, 0.15) is 39.7 Å². The predicted octanol–water partition coefficient (Wildman–Crippen LogP) is 2.57. The first kappa shape index (κ1) is 14.2. The van der Waals surface area contributed by atoms with Crippen LogP contribution in [-0.2, 0) is 20.7 Å². The fraction of sp³-hybridized carbons (Fsp3) is 0.400. The third kappa shape index (κ3) is 3.91. The molecule has 1 N–H and O–H groups in total. The van der Waals surface area contributed by atoms with E-state index in [2.05, 4.69) is 10.3 Å². The van der Waals surface area contributed by atoms with Crippen molar-refractivity contribution in [2.24, 2.45) is 0 Å². The molecule has 0 saturated heterocycles. The van der Waals surface area contributed by atoms with Gasteiger partial charge in [-0.25, -0.2) is 9.78 Å². The molecule has 0 fully saturated rings. The quantitative estimate of drug-likeness (QED) is 0.666. The minimum atomic E-state index is -0.500. The Bertz CT molecular complexity index is 577. The zero-order valence-electron chi connectivity index (χ0n) is 11.9. The lowest BCUT2D eigenvalue weighted by Crippen LogP contribution is -2.22. The maximum atomic E-state index is 11.6. The molecule has 0 spiro atoms. The summed E-state index contributed by atoms with van der Waals surface area (Å²) in [5.41, 5.74) is 1.29. The summed E-state index contributed by atoms with van der Waals surface area (Å²) in [5, 5.41) is 2.72. The first-order valence-electron chi connectivity index (χ1n) is 6.53. The lowest BCUT2D eigenvalue weighted by atomic mass is 10.0. The molecule has 20 heavy (non-hydrogen) atoms. The number of nitrogens with one attached hydrogen (secondary N) is 1. The van der Waals surface area contributed by atoms with Gasteiger partial charge in [0.1, 0.15) is 11.4 Å². The number of carbonyl (C=O) groups excluding carboxylic acids is 2. The Hall–Kier alpha value is -2.17. The first-order valence-corrected chi connectivity index (χ1v) is 6.53. The fourth-order valence-corrected chi connectivity index (χ4v) is 1.87. The van der Waals surface area contributed by atoms with Gasteiger partial charge in [-0.2, -0.15) is 0 Å². The van der Waals surface area contributed by atoms with Crippen LogP contribution in [0.5, 0.6) is 0 Å². The Labute approximate surface area is 119 Å². The number of rotatable bonds is 2. The minimum Gasteiger partial charge on any atom is -0.457 e. The van der Waals surface area contributed by atoms with Crippen molar-refractivity contribution in [3.8, 4) is 0 Å². The van der Waals surface area contributed by atoms with Gasteiger partial charge >= 0.3 is 5.97 Å². The normalized spacial score (nSPS) is 14.8. The second kappa shape index (κ2) is 5.45. The number of aryl methyl sites for hydroxylation is 1. The highest BCUT2D eigenvalue weighted by molar-refractivity contribution is 5.93. The van der Waals surface area contributed by atoms with Crippen LogP contribution in [0.3, 0.4) is 0 Å². The maximum absolute atomic E-state index is 11.6. The number of nitrogens with zero attached hydrogens (tertiary/aromatic N) is 1. The van der Waals surface area contributed by atoms with Crippen LogP contribution in [0.4, 0.5) is 5.82 Å². The van der Waals surface area contributed by atoms with Gasteiger partial charge in [0.25, 0.3) is 0 Å². The number of fused-ring (bicyclic) bond motifs is 1. The summed E-state index contributed by atoms with van der Waals surface area (Å²) >= 11 is 0. The van der Waals surface area contributed by atoms with Gasteiger partial charge in [-0.3, -0.25) is 4.79 Å². The van der Waals surface area contributed by atoms with Gasteiger partial charge in [0.15, 0.2) is 0 Å². The fourth-order valence-electron chi connectivity index (χ4n) is 1.87. The van der Waals surface area contributed by atoms with Crippen LogP contribution in [-0.4, -0.2) is 22.5 Å². The van der Waals surface area contributed by atoms with Crippen molar-refractivity contribution >= 4 is 23.8 Å². The van der Waals surface area contributed by atoms with E-state index in [9.17, 15) is 9.59 Å². The summed E-state index contributed by atoms with van der Waals surface area (Å²) in [7, 11) is 0. The van der Waals surface area contributed by atoms with Crippen LogP contribution in [0, 0.1) is 0 Å². The molecule has 0 saturated carbocycles. The summed E-state index contributed by atoms with van der Waals surface area (Å²) in [5.74, 6) is 0.209. The lowest BCUT2D eigenvalue weighted by molar-refractivity contribution is -0.148. The lowest BCUT2D eigenvalue weighted by Gasteiger charge is -2.18. The molecule has 0 aromatic carbocycles. The third-order valence-corrected chi connectivity index (χ3v) is 2.69. The molecular weight excluding hydrogens is 256 g/mol. The maximum Gasteiger partial charge on any atom is 0.331 e. The molecule has 1 aliphatic rings. The van der Waals surface area contributed by atoms with E-state index in [1.807, 2.05) is 26.8 Å². The number of aromatic nitrogens is 1. The molecule has 1 aromatic heterocycles. The summed E-state index contributed by atoms with van der Waals surface area (Å²) < 4.78 is 5.18. The highest BCUT2D eigenvalue weighted by atomic mass is 16.6. The summed E-state index contributed by atoms with van der Waals surface area (Å²) in [4.78, 5) is 27.0. The van der Waals surface area contributed by atoms with Crippen LogP contribution in [0.25, 0.3) is 6.08 Å². The molecule has 5 heteroatoms. The summed E-state index contributed by atoms with van der Waals surface area (Å²) in [6.45, 7) is 5.46. The number of esters is 1. The second-order valence-corrected chi connectivity index (χ2v) is 5.69. The Balaban J connectivity index is 0.00000220.